The second-order valence-electron chi connectivity index (χ2n) is 4.89. The summed E-state index contributed by atoms with van der Waals surface area (Å²) in [6.45, 7) is 0. The van der Waals surface area contributed by atoms with E-state index in [0.717, 1.165) is 0 Å². The fraction of sp³-hybridized carbons (Fsp3) is 0.286. The van der Waals surface area contributed by atoms with E-state index in [2.05, 4.69) is 14.7 Å². The molecular weight excluding hydrogens is 356 g/mol. The molecule has 0 unspecified atom stereocenters. The first-order valence-electron chi connectivity index (χ1n) is 6.73. The van der Waals surface area contributed by atoms with Crippen LogP contribution in [0.15, 0.2) is 29.3 Å². The zero-order valence-electron chi connectivity index (χ0n) is 13.6. The van der Waals surface area contributed by atoms with E-state index in [0.29, 0.717) is 11.6 Å². The van der Waals surface area contributed by atoms with Gasteiger partial charge in [0.2, 0.25) is 0 Å². The van der Waals surface area contributed by atoms with Gasteiger partial charge in [-0.25, -0.2) is 13.4 Å². The summed E-state index contributed by atoms with van der Waals surface area (Å²) in [6, 6.07) is 4.32. The Hall–Kier alpha value is -2.26. The number of anilines is 2. The predicted molar refractivity (Wildman–Crippen MR) is 91.7 cm³/mol. The molecule has 0 fully saturated rings. The van der Waals surface area contributed by atoms with Crippen molar-refractivity contribution >= 4 is 33.1 Å². The van der Waals surface area contributed by atoms with Crippen molar-refractivity contribution in [3.05, 3.63) is 29.4 Å². The van der Waals surface area contributed by atoms with Gasteiger partial charge in [-0.05, 0) is 18.2 Å². The van der Waals surface area contributed by atoms with Crippen LogP contribution >= 0.6 is 11.6 Å². The molecule has 0 amide bonds. The van der Waals surface area contributed by atoms with Crippen molar-refractivity contribution in [2.45, 2.75) is 4.90 Å². The SMILES string of the molecule is COc1ncc(NS(=O)(=O)c2ccc(OC)c(Cl)c2)c(N(C)C)n1. The zero-order chi connectivity index (χ0) is 17.9. The van der Waals surface area contributed by atoms with Crippen molar-refractivity contribution in [1.29, 1.82) is 0 Å². The number of sulfonamides is 1. The number of nitrogens with one attached hydrogen (secondary N) is 1. The third-order valence-corrected chi connectivity index (χ3v) is 4.69. The molecule has 130 valence electrons. The highest BCUT2D eigenvalue weighted by atomic mass is 35.5. The maximum Gasteiger partial charge on any atom is 0.318 e. The number of methoxy groups -OCH3 is 2. The minimum atomic E-state index is -3.87. The number of hydrogen-bond donors (Lipinski definition) is 1. The molecule has 0 bridgehead atoms. The Kier molecular flexibility index (Phi) is 5.35. The second kappa shape index (κ2) is 7.10. The topological polar surface area (TPSA) is 93.6 Å². The first-order valence-corrected chi connectivity index (χ1v) is 8.59. The van der Waals surface area contributed by atoms with E-state index in [1.54, 1.807) is 19.0 Å². The lowest BCUT2D eigenvalue weighted by Crippen LogP contribution is -2.19. The smallest absolute Gasteiger partial charge is 0.318 e. The molecule has 1 heterocycles. The van der Waals surface area contributed by atoms with Gasteiger partial charge in [-0.3, -0.25) is 4.72 Å². The first-order chi connectivity index (χ1) is 11.3. The second-order valence-corrected chi connectivity index (χ2v) is 6.98. The van der Waals surface area contributed by atoms with E-state index in [9.17, 15) is 8.42 Å². The van der Waals surface area contributed by atoms with E-state index in [1.165, 1.54) is 38.6 Å². The van der Waals surface area contributed by atoms with E-state index in [1.807, 2.05) is 0 Å². The molecule has 2 aromatic rings. The number of benzene rings is 1. The third-order valence-electron chi connectivity index (χ3n) is 3.03. The number of hydrogen-bond acceptors (Lipinski definition) is 7. The molecule has 1 aromatic carbocycles. The molecule has 0 atom stereocenters. The Morgan fingerprint density at radius 2 is 1.92 bits per heavy atom. The van der Waals surface area contributed by atoms with Gasteiger partial charge < -0.3 is 14.4 Å². The molecule has 0 spiro atoms. The predicted octanol–water partition coefficient (Wildman–Crippen LogP) is 2.01. The summed E-state index contributed by atoms with van der Waals surface area (Å²) >= 11 is 5.99. The van der Waals surface area contributed by atoms with Crippen molar-refractivity contribution in [3.8, 4) is 11.8 Å². The maximum absolute atomic E-state index is 12.6. The Bertz CT molecular complexity index is 843. The Morgan fingerprint density at radius 3 is 2.46 bits per heavy atom. The zero-order valence-corrected chi connectivity index (χ0v) is 15.1. The molecule has 0 aliphatic carbocycles. The van der Waals surface area contributed by atoms with Crippen LogP contribution in [0.1, 0.15) is 0 Å². The van der Waals surface area contributed by atoms with Gasteiger partial charge in [0.25, 0.3) is 10.0 Å². The van der Waals surface area contributed by atoms with Crippen molar-refractivity contribution in [3.63, 3.8) is 0 Å². The van der Waals surface area contributed by atoms with E-state index in [-0.39, 0.29) is 21.6 Å². The first kappa shape index (κ1) is 18.1. The lowest BCUT2D eigenvalue weighted by molar-refractivity contribution is 0.380. The highest BCUT2D eigenvalue weighted by Gasteiger charge is 2.20. The fourth-order valence-corrected chi connectivity index (χ4v) is 3.28. The molecule has 24 heavy (non-hydrogen) atoms. The molecule has 0 saturated carbocycles. The average molecular weight is 373 g/mol. The molecule has 1 N–H and O–H groups in total. The molecule has 0 aliphatic rings. The van der Waals surface area contributed by atoms with Gasteiger partial charge in [-0.1, -0.05) is 11.6 Å². The van der Waals surface area contributed by atoms with E-state index >= 15 is 0 Å². The number of nitrogens with zero attached hydrogens (tertiary/aromatic N) is 3. The Labute approximate surface area is 145 Å². The Balaban J connectivity index is 2.41. The van der Waals surface area contributed by atoms with Crippen LogP contribution in [0.3, 0.4) is 0 Å². The molecule has 0 saturated heterocycles. The van der Waals surface area contributed by atoms with Gasteiger partial charge >= 0.3 is 6.01 Å². The molecule has 0 aliphatic heterocycles. The van der Waals surface area contributed by atoms with Crippen molar-refractivity contribution in [1.82, 2.24) is 9.97 Å². The number of halogens is 1. The fourth-order valence-electron chi connectivity index (χ4n) is 1.89. The van der Waals surface area contributed by atoms with Crippen LogP contribution in [0.4, 0.5) is 11.5 Å². The van der Waals surface area contributed by atoms with E-state index in [4.69, 9.17) is 21.1 Å². The summed E-state index contributed by atoms with van der Waals surface area (Å²) in [5.74, 6) is 0.752. The van der Waals surface area contributed by atoms with Crippen LogP contribution in [0.5, 0.6) is 11.8 Å². The minimum Gasteiger partial charge on any atom is -0.495 e. The Morgan fingerprint density at radius 1 is 1.21 bits per heavy atom. The number of aromatic nitrogens is 2. The number of ether oxygens (including phenoxy) is 2. The molecule has 8 nitrogen and oxygen atoms in total. The number of rotatable bonds is 6. The van der Waals surface area contributed by atoms with Crippen LogP contribution in [-0.2, 0) is 10.0 Å². The van der Waals surface area contributed by atoms with Crippen molar-refractivity contribution in [2.24, 2.45) is 0 Å². The standard InChI is InChI=1S/C14H17ClN4O4S/c1-19(2)13-11(8-16-14(17-13)23-4)18-24(20,21)9-5-6-12(22-3)10(15)7-9/h5-8,18H,1-4H3. The van der Waals surface area contributed by atoms with E-state index < -0.39 is 10.0 Å². The minimum absolute atomic E-state index is 0.00572. The monoisotopic (exact) mass is 372 g/mol. The third kappa shape index (κ3) is 3.80. The van der Waals surface area contributed by atoms with Gasteiger partial charge in [0, 0.05) is 14.1 Å². The quantitative estimate of drug-likeness (QED) is 0.828. The average Bonchev–Trinajstić information content (AvgIpc) is 2.54. The molecule has 1 aromatic heterocycles. The molecule has 2 rings (SSSR count). The van der Waals surface area contributed by atoms with Crippen LogP contribution in [0, 0.1) is 0 Å². The molecular formula is C14H17ClN4O4S. The summed E-state index contributed by atoms with van der Waals surface area (Å²) in [5.41, 5.74) is 0.216. The van der Waals surface area contributed by atoms with Crippen molar-refractivity contribution < 1.29 is 17.9 Å². The summed E-state index contributed by atoms with van der Waals surface area (Å²) in [4.78, 5) is 9.70. The van der Waals surface area contributed by atoms with Gasteiger partial charge in [-0.15, -0.1) is 0 Å². The van der Waals surface area contributed by atoms with Gasteiger partial charge in [0.15, 0.2) is 5.82 Å². The van der Waals surface area contributed by atoms with Crippen LogP contribution in [-0.4, -0.2) is 46.7 Å². The van der Waals surface area contributed by atoms with Crippen LogP contribution in [0.25, 0.3) is 0 Å². The van der Waals surface area contributed by atoms with Gasteiger partial charge in [-0.2, -0.15) is 4.98 Å². The highest BCUT2D eigenvalue weighted by molar-refractivity contribution is 7.92. The molecule has 0 radical (unpaired) electrons. The van der Waals surface area contributed by atoms with Crippen molar-refractivity contribution in [2.75, 3.05) is 37.9 Å². The summed E-state index contributed by atoms with van der Waals surface area (Å²) < 4.78 is 37.6. The van der Waals surface area contributed by atoms with Gasteiger partial charge in [0.05, 0.1) is 30.3 Å². The van der Waals surface area contributed by atoms with Gasteiger partial charge in [0.1, 0.15) is 11.4 Å². The lowest BCUT2D eigenvalue weighted by atomic mass is 10.3. The van der Waals surface area contributed by atoms with Crippen LogP contribution < -0.4 is 19.1 Å². The maximum atomic E-state index is 12.6. The highest BCUT2D eigenvalue weighted by Crippen LogP contribution is 2.29. The summed E-state index contributed by atoms with van der Waals surface area (Å²) in [5, 5.41) is 0.194. The molecule has 10 heteroatoms. The summed E-state index contributed by atoms with van der Waals surface area (Å²) in [6.07, 6.45) is 1.34. The lowest BCUT2D eigenvalue weighted by Gasteiger charge is -2.17. The largest absolute Gasteiger partial charge is 0.495 e. The normalized spacial score (nSPS) is 11.0. The summed E-state index contributed by atoms with van der Waals surface area (Å²) in [7, 11) is 2.46. The van der Waals surface area contributed by atoms with Crippen LogP contribution in [0.2, 0.25) is 5.02 Å².